The number of benzene rings is 2. The molecule has 3 rings (SSSR count). The van der Waals surface area contributed by atoms with Crippen LogP contribution in [0.25, 0.3) is 11.1 Å². The van der Waals surface area contributed by atoms with Crippen LogP contribution in [0.2, 0.25) is 0 Å². The standard InChI is InChI=1S/C20H16N2O3S2/c1-27(24,25)18-7-5-14(6-8-18)10-19(23)22-20-11-17(13-26-20)16-4-2-3-15(9-16)12-21/h2-9,11,13H,10H2,1H3,(H,22,23). The number of hydrogen-bond donors (Lipinski definition) is 1. The van der Waals surface area contributed by atoms with Crippen LogP contribution in [0.5, 0.6) is 0 Å². The third-order valence-corrected chi connectivity index (χ3v) is 5.88. The highest BCUT2D eigenvalue weighted by atomic mass is 32.2. The highest BCUT2D eigenvalue weighted by Crippen LogP contribution is 2.29. The summed E-state index contributed by atoms with van der Waals surface area (Å²) in [7, 11) is -3.24. The summed E-state index contributed by atoms with van der Waals surface area (Å²) < 4.78 is 22.9. The average Bonchev–Trinajstić information content (AvgIpc) is 3.10. The van der Waals surface area contributed by atoms with E-state index in [0.29, 0.717) is 10.6 Å². The van der Waals surface area contributed by atoms with Crippen molar-refractivity contribution in [2.45, 2.75) is 11.3 Å². The van der Waals surface area contributed by atoms with Gasteiger partial charge in [0.1, 0.15) is 0 Å². The summed E-state index contributed by atoms with van der Waals surface area (Å²) in [6.07, 6.45) is 1.30. The summed E-state index contributed by atoms with van der Waals surface area (Å²) in [5, 5.41) is 14.5. The van der Waals surface area contributed by atoms with E-state index in [1.807, 2.05) is 23.6 Å². The smallest absolute Gasteiger partial charge is 0.229 e. The zero-order valence-corrected chi connectivity index (χ0v) is 16.1. The predicted molar refractivity (Wildman–Crippen MR) is 106 cm³/mol. The number of thiophene rings is 1. The average molecular weight is 396 g/mol. The largest absolute Gasteiger partial charge is 0.317 e. The van der Waals surface area contributed by atoms with Crippen molar-refractivity contribution in [1.29, 1.82) is 5.26 Å². The van der Waals surface area contributed by atoms with E-state index < -0.39 is 9.84 Å². The zero-order chi connectivity index (χ0) is 19.4. The number of hydrogen-bond acceptors (Lipinski definition) is 5. The van der Waals surface area contributed by atoms with Crippen molar-refractivity contribution in [3.05, 3.63) is 71.1 Å². The minimum Gasteiger partial charge on any atom is -0.317 e. The van der Waals surface area contributed by atoms with Crippen LogP contribution in [0, 0.1) is 11.3 Å². The van der Waals surface area contributed by atoms with E-state index in [9.17, 15) is 13.2 Å². The van der Waals surface area contributed by atoms with Gasteiger partial charge in [-0.2, -0.15) is 5.26 Å². The molecule has 0 aliphatic heterocycles. The summed E-state index contributed by atoms with van der Waals surface area (Å²) in [4.78, 5) is 12.5. The maximum Gasteiger partial charge on any atom is 0.229 e. The first-order valence-corrected chi connectivity index (χ1v) is 10.8. The van der Waals surface area contributed by atoms with E-state index in [1.165, 1.54) is 23.5 Å². The molecular formula is C20H16N2O3S2. The molecule has 1 heterocycles. The molecule has 0 aliphatic rings. The van der Waals surface area contributed by atoms with Crippen LogP contribution in [0.4, 0.5) is 5.00 Å². The Labute approximate surface area is 161 Å². The van der Waals surface area contributed by atoms with Crippen molar-refractivity contribution in [3.8, 4) is 17.2 Å². The van der Waals surface area contributed by atoms with E-state index >= 15 is 0 Å². The van der Waals surface area contributed by atoms with E-state index in [1.54, 1.807) is 24.3 Å². The van der Waals surface area contributed by atoms with Crippen LogP contribution in [-0.2, 0) is 21.1 Å². The van der Waals surface area contributed by atoms with Crippen LogP contribution in [0.3, 0.4) is 0 Å². The van der Waals surface area contributed by atoms with Crippen LogP contribution in [0.1, 0.15) is 11.1 Å². The molecule has 136 valence electrons. The van der Waals surface area contributed by atoms with E-state index in [2.05, 4.69) is 11.4 Å². The second-order valence-electron chi connectivity index (χ2n) is 6.03. The number of anilines is 1. The number of carbonyl (C=O) groups is 1. The van der Waals surface area contributed by atoms with Gasteiger partial charge < -0.3 is 5.32 Å². The van der Waals surface area contributed by atoms with Crippen LogP contribution in [-0.4, -0.2) is 20.6 Å². The van der Waals surface area contributed by atoms with E-state index in [4.69, 9.17) is 5.26 Å². The molecule has 5 nitrogen and oxygen atoms in total. The lowest BCUT2D eigenvalue weighted by Gasteiger charge is -2.04. The molecule has 0 bridgehead atoms. The minimum absolute atomic E-state index is 0.154. The van der Waals surface area contributed by atoms with E-state index in [-0.39, 0.29) is 17.2 Å². The summed E-state index contributed by atoms with van der Waals surface area (Å²) in [5.74, 6) is -0.179. The van der Waals surface area contributed by atoms with Gasteiger partial charge in [0.15, 0.2) is 9.84 Å². The van der Waals surface area contributed by atoms with Crippen molar-refractivity contribution in [2.24, 2.45) is 0 Å². The zero-order valence-electron chi connectivity index (χ0n) is 14.5. The summed E-state index contributed by atoms with van der Waals surface area (Å²) in [5.41, 5.74) is 3.17. The van der Waals surface area contributed by atoms with Gasteiger partial charge >= 0.3 is 0 Å². The van der Waals surface area contributed by atoms with Crippen molar-refractivity contribution < 1.29 is 13.2 Å². The molecule has 2 aromatic carbocycles. The summed E-state index contributed by atoms with van der Waals surface area (Å²) in [6, 6.07) is 17.6. The Hall–Kier alpha value is -2.95. The molecular weight excluding hydrogens is 380 g/mol. The monoisotopic (exact) mass is 396 g/mol. The predicted octanol–water partition coefficient (Wildman–Crippen LogP) is 3.87. The fourth-order valence-corrected chi connectivity index (χ4v) is 4.00. The molecule has 0 unspecified atom stereocenters. The Morgan fingerprint density at radius 2 is 1.85 bits per heavy atom. The number of nitriles is 1. The molecule has 1 N–H and O–H groups in total. The third kappa shape index (κ3) is 4.82. The number of nitrogens with one attached hydrogen (secondary N) is 1. The Bertz CT molecular complexity index is 1120. The molecule has 1 aromatic heterocycles. The Morgan fingerprint density at radius 3 is 2.52 bits per heavy atom. The van der Waals surface area contributed by atoms with Gasteiger partial charge in [0.2, 0.25) is 5.91 Å². The lowest BCUT2D eigenvalue weighted by atomic mass is 10.1. The minimum atomic E-state index is -3.24. The maximum atomic E-state index is 12.2. The summed E-state index contributed by atoms with van der Waals surface area (Å²) >= 11 is 1.41. The van der Waals surface area contributed by atoms with Gasteiger partial charge in [-0.3, -0.25) is 4.79 Å². The van der Waals surface area contributed by atoms with Gasteiger partial charge in [-0.25, -0.2) is 8.42 Å². The van der Waals surface area contributed by atoms with Crippen LogP contribution < -0.4 is 5.32 Å². The number of carbonyl (C=O) groups excluding carboxylic acids is 1. The van der Waals surface area contributed by atoms with Gasteiger partial charge in [-0.15, -0.1) is 11.3 Å². The van der Waals surface area contributed by atoms with Gasteiger partial charge in [0.25, 0.3) is 0 Å². The highest BCUT2D eigenvalue weighted by Gasteiger charge is 2.10. The summed E-state index contributed by atoms with van der Waals surface area (Å²) in [6.45, 7) is 0. The molecule has 0 saturated carbocycles. The fraction of sp³-hybridized carbons (Fsp3) is 0.100. The van der Waals surface area contributed by atoms with Crippen LogP contribution in [0.15, 0.2) is 64.9 Å². The molecule has 3 aromatic rings. The molecule has 0 aliphatic carbocycles. The second kappa shape index (κ2) is 7.74. The Morgan fingerprint density at radius 1 is 1.11 bits per heavy atom. The van der Waals surface area contributed by atoms with Crippen molar-refractivity contribution >= 4 is 32.1 Å². The van der Waals surface area contributed by atoms with Crippen molar-refractivity contribution in [2.75, 3.05) is 11.6 Å². The quantitative estimate of drug-likeness (QED) is 0.709. The molecule has 0 spiro atoms. The molecule has 27 heavy (non-hydrogen) atoms. The van der Waals surface area contributed by atoms with Crippen molar-refractivity contribution in [3.63, 3.8) is 0 Å². The van der Waals surface area contributed by atoms with Crippen LogP contribution >= 0.6 is 11.3 Å². The first-order valence-electron chi connectivity index (χ1n) is 8.03. The SMILES string of the molecule is CS(=O)(=O)c1ccc(CC(=O)Nc2cc(-c3cccc(C#N)c3)cs2)cc1. The van der Waals surface area contributed by atoms with Crippen molar-refractivity contribution in [1.82, 2.24) is 0 Å². The highest BCUT2D eigenvalue weighted by molar-refractivity contribution is 7.90. The Kier molecular flexibility index (Phi) is 5.40. The maximum absolute atomic E-state index is 12.2. The Balaban J connectivity index is 1.66. The van der Waals surface area contributed by atoms with Gasteiger partial charge in [0.05, 0.1) is 28.0 Å². The molecule has 0 radical (unpaired) electrons. The molecule has 0 saturated heterocycles. The fourth-order valence-electron chi connectivity index (χ4n) is 2.54. The molecule has 7 heteroatoms. The number of sulfone groups is 1. The molecule has 0 fully saturated rings. The normalized spacial score (nSPS) is 11.0. The molecule has 1 amide bonds. The second-order valence-corrected chi connectivity index (χ2v) is 8.96. The number of amides is 1. The van der Waals surface area contributed by atoms with Gasteiger partial charge in [-0.05, 0) is 47.0 Å². The third-order valence-electron chi connectivity index (χ3n) is 3.90. The van der Waals surface area contributed by atoms with Gasteiger partial charge in [0, 0.05) is 11.6 Å². The lowest BCUT2D eigenvalue weighted by molar-refractivity contribution is -0.115. The number of nitrogens with zero attached hydrogens (tertiary/aromatic N) is 1. The topological polar surface area (TPSA) is 87.0 Å². The lowest BCUT2D eigenvalue weighted by Crippen LogP contribution is -2.13. The van der Waals surface area contributed by atoms with E-state index in [0.717, 1.165) is 22.9 Å². The first-order chi connectivity index (χ1) is 12.8. The van der Waals surface area contributed by atoms with Gasteiger partial charge in [-0.1, -0.05) is 24.3 Å². The number of rotatable bonds is 5. The first kappa shape index (κ1) is 18.8. The molecule has 0 atom stereocenters.